The van der Waals surface area contributed by atoms with Crippen LogP contribution in [0, 0.1) is 11.3 Å². The minimum Gasteiger partial charge on any atom is -0.494 e. The molecular weight excluding hydrogens is 370 g/mol. The van der Waals surface area contributed by atoms with Crippen LogP contribution >= 0.6 is 0 Å². The zero-order valence-electron chi connectivity index (χ0n) is 16.8. The molecule has 7 heteroatoms. The second-order valence-corrected chi connectivity index (χ2v) is 8.01. The third-order valence-electron chi connectivity index (χ3n) is 4.69. The molecule has 1 amide bonds. The molecule has 3 N–H and O–H groups in total. The van der Waals surface area contributed by atoms with Crippen molar-refractivity contribution >= 4 is 6.09 Å². The molecule has 2 aromatic rings. The van der Waals surface area contributed by atoms with Gasteiger partial charge in [-0.3, -0.25) is 4.57 Å². The van der Waals surface area contributed by atoms with E-state index in [2.05, 4.69) is 11.4 Å². The van der Waals surface area contributed by atoms with E-state index in [0.29, 0.717) is 36.1 Å². The zero-order chi connectivity index (χ0) is 21.2. The SMILES string of the molecule is CC(C)(C)OC(=O)NC1C=CCc2c1c(O)n(CCc1ccc(C#N)cc1)c2O. The van der Waals surface area contributed by atoms with Gasteiger partial charge in [0.1, 0.15) is 5.60 Å². The molecular formula is C22H25N3O4. The number of aromatic hydroxyl groups is 2. The van der Waals surface area contributed by atoms with Gasteiger partial charge in [-0.25, -0.2) is 4.79 Å². The van der Waals surface area contributed by atoms with Gasteiger partial charge < -0.3 is 20.3 Å². The van der Waals surface area contributed by atoms with Gasteiger partial charge in [0.2, 0.25) is 0 Å². The quantitative estimate of drug-likeness (QED) is 0.684. The summed E-state index contributed by atoms with van der Waals surface area (Å²) in [6.07, 6.45) is 4.05. The monoisotopic (exact) mass is 395 g/mol. The summed E-state index contributed by atoms with van der Waals surface area (Å²) in [5.41, 5.74) is 2.00. The van der Waals surface area contributed by atoms with Gasteiger partial charge in [-0.05, 0) is 51.3 Å². The van der Waals surface area contributed by atoms with Crippen molar-refractivity contribution in [3.05, 3.63) is 58.7 Å². The smallest absolute Gasteiger partial charge is 0.408 e. The molecule has 1 unspecified atom stereocenters. The lowest BCUT2D eigenvalue weighted by molar-refractivity contribution is 0.0513. The Morgan fingerprint density at radius 2 is 1.97 bits per heavy atom. The molecule has 7 nitrogen and oxygen atoms in total. The second-order valence-electron chi connectivity index (χ2n) is 8.01. The van der Waals surface area contributed by atoms with Crippen LogP contribution in [-0.2, 0) is 24.1 Å². The van der Waals surface area contributed by atoms with Crippen LogP contribution in [0.1, 0.15) is 49.1 Å². The lowest BCUT2D eigenvalue weighted by Crippen LogP contribution is -2.35. The minimum absolute atomic E-state index is 0.00789. The number of aromatic nitrogens is 1. The summed E-state index contributed by atoms with van der Waals surface area (Å²) in [5, 5.41) is 33.0. The number of nitriles is 1. The summed E-state index contributed by atoms with van der Waals surface area (Å²) < 4.78 is 6.74. The Kier molecular flexibility index (Phi) is 5.55. The van der Waals surface area contributed by atoms with Gasteiger partial charge in [-0.1, -0.05) is 24.3 Å². The number of nitrogens with zero attached hydrogens (tertiary/aromatic N) is 2. The molecule has 152 valence electrons. The Morgan fingerprint density at radius 3 is 2.59 bits per heavy atom. The Labute approximate surface area is 169 Å². The van der Waals surface area contributed by atoms with Crippen molar-refractivity contribution < 1.29 is 19.7 Å². The number of nitrogens with one attached hydrogen (secondary N) is 1. The fraction of sp³-hybridized carbons (Fsp3) is 0.364. The van der Waals surface area contributed by atoms with E-state index in [4.69, 9.17) is 10.00 Å². The summed E-state index contributed by atoms with van der Waals surface area (Å²) in [4.78, 5) is 12.2. The molecule has 1 aromatic heterocycles. The minimum atomic E-state index is -0.636. The number of allylic oxidation sites excluding steroid dienone is 1. The lowest BCUT2D eigenvalue weighted by atomic mass is 9.96. The van der Waals surface area contributed by atoms with Gasteiger partial charge in [0.05, 0.1) is 17.7 Å². The van der Waals surface area contributed by atoms with E-state index in [1.165, 1.54) is 4.57 Å². The molecule has 1 atom stereocenters. The van der Waals surface area contributed by atoms with Crippen LogP contribution in [0.4, 0.5) is 4.79 Å². The van der Waals surface area contributed by atoms with Crippen LogP contribution in [0.2, 0.25) is 0 Å². The number of hydrogen-bond donors (Lipinski definition) is 3. The van der Waals surface area contributed by atoms with Crippen LogP contribution < -0.4 is 5.32 Å². The van der Waals surface area contributed by atoms with E-state index in [9.17, 15) is 15.0 Å². The van der Waals surface area contributed by atoms with Gasteiger partial charge in [0, 0.05) is 17.7 Å². The predicted molar refractivity (Wildman–Crippen MR) is 108 cm³/mol. The molecule has 29 heavy (non-hydrogen) atoms. The second kappa shape index (κ2) is 7.92. The predicted octanol–water partition coefficient (Wildman–Crippen LogP) is 3.69. The van der Waals surface area contributed by atoms with Gasteiger partial charge in [-0.15, -0.1) is 0 Å². The van der Waals surface area contributed by atoms with Crippen LogP contribution in [0.5, 0.6) is 11.8 Å². The largest absolute Gasteiger partial charge is 0.494 e. The van der Waals surface area contributed by atoms with E-state index >= 15 is 0 Å². The van der Waals surface area contributed by atoms with E-state index in [-0.39, 0.29) is 11.8 Å². The standard InChI is InChI=1S/C22H25N3O4/c1-22(2,3)29-21(28)24-17-6-4-5-16-18(17)20(27)25(19(16)26)12-11-14-7-9-15(13-23)10-8-14/h4,6-10,17,26-27H,5,11-12H2,1-3H3,(H,24,28). The third kappa shape index (κ3) is 4.54. The van der Waals surface area contributed by atoms with Gasteiger partial charge >= 0.3 is 6.09 Å². The number of hydrogen-bond acceptors (Lipinski definition) is 5. The van der Waals surface area contributed by atoms with E-state index < -0.39 is 17.7 Å². The van der Waals surface area contributed by atoms with Crippen molar-refractivity contribution in [2.75, 3.05) is 0 Å². The highest BCUT2D eigenvalue weighted by molar-refractivity contribution is 5.70. The van der Waals surface area contributed by atoms with Gasteiger partial charge in [-0.2, -0.15) is 5.26 Å². The Balaban J connectivity index is 1.79. The average Bonchev–Trinajstić information content (AvgIpc) is 2.90. The fourth-order valence-corrected chi connectivity index (χ4v) is 3.36. The number of alkyl carbamates (subject to hydrolysis) is 1. The van der Waals surface area contributed by atoms with Crippen LogP contribution in [0.25, 0.3) is 0 Å². The van der Waals surface area contributed by atoms with Crippen molar-refractivity contribution in [1.29, 1.82) is 5.26 Å². The van der Waals surface area contributed by atoms with Crippen LogP contribution in [-0.4, -0.2) is 26.5 Å². The Morgan fingerprint density at radius 1 is 1.28 bits per heavy atom. The molecule has 0 fully saturated rings. The normalized spacial score (nSPS) is 15.4. The van der Waals surface area contributed by atoms with E-state index in [1.54, 1.807) is 39.0 Å². The third-order valence-corrected chi connectivity index (χ3v) is 4.69. The summed E-state index contributed by atoms with van der Waals surface area (Å²) in [7, 11) is 0. The fourth-order valence-electron chi connectivity index (χ4n) is 3.36. The number of fused-ring (bicyclic) bond motifs is 1. The number of benzene rings is 1. The van der Waals surface area contributed by atoms with Crippen molar-refractivity contribution in [3.63, 3.8) is 0 Å². The number of carbonyl (C=O) groups is 1. The first-order chi connectivity index (χ1) is 13.7. The Bertz CT molecular complexity index is 975. The highest BCUT2D eigenvalue weighted by Gasteiger charge is 2.30. The number of rotatable bonds is 4. The maximum absolute atomic E-state index is 12.2. The molecule has 0 spiro atoms. The van der Waals surface area contributed by atoms with Crippen molar-refractivity contribution in [1.82, 2.24) is 9.88 Å². The van der Waals surface area contributed by atoms with Gasteiger partial charge in [0.25, 0.3) is 0 Å². The molecule has 0 saturated heterocycles. The van der Waals surface area contributed by atoms with Crippen molar-refractivity contribution in [3.8, 4) is 17.8 Å². The first-order valence-electron chi connectivity index (χ1n) is 9.48. The maximum atomic E-state index is 12.2. The first-order valence-corrected chi connectivity index (χ1v) is 9.48. The summed E-state index contributed by atoms with van der Waals surface area (Å²) >= 11 is 0. The van der Waals surface area contributed by atoms with Gasteiger partial charge in [0.15, 0.2) is 11.8 Å². The number of ether oxygens (including phenoxy) is 1. The van der Waals surface area contributed by atoms with Crippen LogP contribution in [0.15, 0.2) is 36.4 Å². The number of carbonyl (C=O) groups excluding carboxylic acids is 1. The number of amides is 1. The van der Waals surface area contributed by atoms with Crippen molar-refractivity contribution in [2.45, 2.75) is 51.8 Å². The summed E-state index contributed by atoms with van der Waals surface area (Å²) in [5.74, 6) is -0.0805. The molecule has 1 aliphatic carbocycles. The molecule has 0 radical (unpaired) electrons. The highest BCUT2D eigenvalue weighted by atomic mass is 16.6. The van der Waals surface area contributed by atoms with E-state index in [0.717, 1.165) is 5.56 Å². The first kappa shape index (κ1) is 20.3. The van der Waals surface area contributed by atoms with Crippen LogP contribution in [0.3, 0.4) is 0 Å². The molecule has 0 saturated carbocycles. The molecule has 3 rings (SSSR count). The number of aryl methyl sites for hydroxylation is 1. The maximum Gasteiger partial charge on any atom is 0.408 e. The van der Waals surface area contributed by atoms with Crippen molar-refractivity contribution in [2.24, 2.45) is 0 Å². The molecule has 1 aromatic carbocycles. The topological polar surface area (TPSA) is 108 Å². The zero-order valence-corrected chi connectivity index (χ0v) is 16.8. The molecule has 1 aliphatic rings. The Hall–Kier alpha value is -3.40. The lowest BCUT2D eigenvalue weighted by Gasteiger charge is -2.23. The molecule has 0 bridgehead atoms. The highest BCUT2D eigenvalue weighted by Crippen LogP contribution is 2.41. The molecule has 0 aliphatic heterocycles. The average molecular weight is 395 g/mol. The van der Waals surface area contributed by atoms with E-state index in [1.807, 2.05) is 18.2 Å². The summed E-state index contributed by atoms with van der Waals surface area (Å²) in [6, 6.07) is 8.67. The molecule has 1 heterocycles. The summed E-state index contributed by atoms with van der Waals surface area (Å²) in [6.45, 7) is 5.68.